The van der Waals surface area contributed by atoms with E-state index in [1.54, 1.807) is 0 Å². The van der Waals surface area contributed by atoms with Crippen LogP contribution in [0.15, 0.2) is 0 Å². The summed E-state index contributed by atoms with van der Waals surface area (Å²) in [5, 5.41) is 3.57. The zero-order chi connectivity index (χ0) is 12.7. The SMILES string of the molecule is CCC(C)NCCN1CCC(CN(C)C)CC1. The molecule has 1 saturated heterocycles. The van der Waals surface area contributed by atoms with Gasteiger partial charge >= 0.3 is 0 Å². The van der Waals surface area contributed by atoms with Gasteiger partial charge in [-0.2, -0.15) is 0 Å². The molecule has 17 heavy (non-hydrogen) atoms. The molecule has 0 radical (unpaired) electrons. The first-order valence-corrected chi connectivity index (χ1v) is 7.22. The zero-order valence-corrected chi connectivity index (χ0v) is 12.2. The molecule has 1 heterocycles. The molecule has 0 aromatic heterocycles. The topological polar surface area (TPSA) is 18.5 Å². The molecule has 1 unspecified atom stereocenters. The van der Waals surface area contributed by atoms with E-state index in [1.807, 2.05) is 0 Å². The molecule has 0 bridgehead atoms. The Bertz CT molecular complexity index is 186. The summed E-state index contributed by atoms with van der Waals surface area (Å²) in [6, 6.07) is 0.668. The van der Waals surface area contributed by atoms with Crippen molar-refractivity contribution in [1.29, 1.82) is 0 Å². The summed E-state index contributed by atoms with van der Waals surface area (Å²) in [4.78, 5) is 4.94. The number of nitrogens with zero attached hydrogens (tertiary/aromatic N) is 2. The third-order valence-electron chi connectivity index (χ3n) is 3.86. The predicted octanol–water partition coefficient (Wildman–Crippen LogP) is 1.65. The van der Waals surface area contributed by atoms with E-state index < -0.39 is 0 Å². The Kier molecular flexibility index (Phi) is 7.09. The van der Waals surface area contributed by atoms with E-state index in [0.29, 0.717) is 6.04 Å². The van der Waals surface area contributed by atoms with Crippen molar-refractivity contribution >= 4 is 0 Å². The fourth-order valence-electron chi connectivity index (χ4n) is 2.52. The van der Waals surface area contributed by atoms with Gasteiger partial charge in [0.2, 0.25) is 0 Å². The fourth-order valence-corrected chi connectivity index (χ4v) is 2.52. The Morgan fingerprint density at radius 3 is 2.47 bits per heavy atom. The van der Waals surface area contributed by atoms with Gasteiger partial charge in [0.05, 0.1) is 0 Å². The summed E-state index contributed by atoms with van der Waals surface area (Å²) in [7, 11) is 4.37. The highest BCUT2D eigenvalue weighted by Gasteiger charge is 2.19. The van der Waals surface area contributed by atoms with E-state index >= 15 is 0 Å². The average Bonchev–Trinajstić information content (AvgIpc) is 2.30. The minimum Gasteiger partial charge on any atom is -0.313 e. The lowest BCUT2D eigenvalue weighted by molar-refractivity contribution is 0.162. The zero-order valence-electron chi connectivity index (χ0n) is 12.2. The first-order valence-electron chi connectivity index (χ1n) is 7.22. The maximum atomic E-state index is 3.57. The lowest BCUT2D eigenvalue weighted by atomic mass is 9.96. The van der Waals surface area contributed by atoms with Gasteiger partial charge in [0.1, 0.15) is 0 Å². The Morgan fingerprint density at radius 1 is 1.29 bits per heavy atom. The largest absolute Gasteiger partial charge is 0.313 e. The van der Waals surface area contributed by atoms with Crippen molar-refractivity contribution in [3.8, 4) is 0 Å². The molecule has 0 saturated carbocycles. The van der Waals surface area contributed by atoms with Crippen LogP contribution in [-0.2, 0) is 0 Å². The van der Waals surface area contributed by atoms with E-state index in [-0.39, 0.29) is 0 Å². The number of nitrogens with one attached hydrogen (secondary N) is 1. The molecule has 1 aliphatic rings. The minimum atomic E-state index is 0.668. The monoisotopic (exact) mass is 241 g/mol. The molecule has 1 N–H and O–H groups in total. The first-order chi connectivity index (χ1) is 8.11. The second-order valence-corrected chi connectivity index (χ2v) is 5.81. The van der Waals surface area contributed by atoms with Gasteiger partial charge in [-0.15, -0.1) is 0 Å². The maximum absolute atomic E-state index is 3.57. The number of piperidine rings is 1. The van der Waals surface area contributed by atoms with E-state index in [9.17, 15) is 0 Å². The Labute approximate surface area is 108 Å². The maximum Gasteiger partial charge on any atom is 0.0107 e. The summed E-state index contributed by atoms with van der Waals surface area (Å²) in [6.45, 7) is 10.7. The van der Waals surface area contributed by atoms with E-state index in [2.05, 4.69) is 43.1 Å². The molecule has 0 spiro atoms. The molecular formula is C14H31N3. The van der Waals surface area contributed by atoms with Crippen molar-refractivity contribution in [1.82, 2.24) is 15.1 Å². The number of rotatable bonds is 7. The normalized spacial score (nSPS) is 21.0. The van der Waals surface area contributed by atoms with Crippen LogP contribution in [0.5, 0.6) is 0 Å². The third kappa shape index (κ3) is 6.39. The second-order valence-electron chi connectivity index (χ2n) is 5.81. The van der Waals surface area contributed by atoms with Gasteiger partial charge in [0.15, 0.2) is 0 Å². The molecule has 3 nitrogen and oxygen atoms in total. The Hall–Kier alpha value is -0.120. The van der Waals surface area contributed by atoms with Crippen LogP contribution < -0.4 is 5.32 Å². The lowest BCUT2D eigenvalue weighted by Crippen LogP contribution is -2.41. The highest BCUT2D eigenvalue weighted by molar-refractivity contribution is 4.74. The number of hydrogen-bond donors (Lipinski definition) is 1. The standard InChI is InChI=1S/C14H31N3/c1-5-13(2)15-8-11-17-9-6-14(7-10-17)12-16(3)4/h13-15H,5-12H2,1-4H3. The van der Waals surface area contributed by atoms with Crippen LogP contribution in [0.4, 0.5) is 0 Å². The summed E-state index contributed by atoms with van der Waals surface area (Å²) >= 11 is 0. The summed E-state index contributed by atoms with van der Waals surface area (Å²) in [5.74, 6) is 0.920. The minimum absolute atomic E-state index is 0.668. The molecule has 0 aromatic carbocycles. The highest BCUT2D eigenvalue weighted by atomic mass is 15.1. The van der Waals surface area contributed by atoms with Gasteiger partial charge in [-0.25, -0.2) is 0 Å². The summed E-state index contributed by atoms with van der Waals surface area (Å²) < 4.78 is 0. The van der Waals surface area contributed by atoms with Gasteiger partial charge in [-0.3, -0.25) is 0 Å². The van der Waals surface area contributed by atoms with E-state index in [0.717, 1.165) is 12.5 Å². The highest BCUT2D eigenvalue weighted by Crippen LogP contribution is 2.17. The number of likely N-dealkylation sites (tertiary alicyclic amines) is 1. The Balaban J connectivity index is 2.06. The molecule has 0 aliphatic carbocycles. The Morgan fingerprint density at radius 2 is 1.94 bits per heavy atom. The quantitative estimate of drug-likeness (QED) is 0.731. The molecule has 3 heteroatoms. The van der Waals surface area contributed by atoms with Gasteiger partial charge in [-0.1, -0.05) is 6.92 Å². The number of hydrogen-bond acceptors (Lipinski definition) is 3. The van der Waals surface area contributed by atoms with Crippen LogP contribution in [0, 0.1) is 5.92 Å². The molecule has 1 atom stereocenters. The van der Waals surface area contributed by atoms with Crippen LogP contribution in [0.1, 0.15) is 33.1 Å². The van der Waals surface area contributed by atoms with E-state index in [4.69, 9.17) is 0 Å². The molecule has 1 aliphatic heterocycles. The van der Waals surface area contributed by atoms with Crippen LogP contribution >= 0.6 is 0 Å². The van der Waals surface area contributed by atoms with Crippen molar-refractivity contribution in [2.24, 2.45) is 5.92 Å². The third-order valence-corrected chi connectivity index (χ3v) is 3.86. The van der Waals surface area contributed by atoms with Crippen molar-refractivity contribution in [2.45, 2.75) is 39.2 Å². The first kappa shape index (κ1) is 14.9. The van der Waals surface area contributed by atoms with Gasteiger partial charge in [0.25, 0.3) is 0 Å². The van der Waals surface area contributed by atoms with Crippen LogP contribution in [-0.4, -0.2) is 62.7 Å². The van der Waals surface area contributed by atoms with Crippen molar-refractivity contribution < 1.29 is 0 Å². The summed E-state index contributed by atoms with van der Waals surface area (Å²) in [6.07, 6.45) is 3.98. The molecule has 1 fully saturated rings. The van der Waals surface area contributed by atoms with Crippen LogP contribution in [0.2, 0.25) is 0 Å². The van der Waals surface area contributed by atoms with Crippen molar-refractivity contribution in [3.63, 3.8) is 0 Å². The molecule has 1 rings (SSSR count). The van der Waals surface area contributed by atoms with E-state index in [1.165, 1.54) is 45.4 Å². The average molecular weight is 241 g/mol. The molecule has 0 amide bonds. The fraction of sp³-hybridized carbons (Fsp3) is 1.00. The molecule has 102 valence electrons. The lowest BCUT2D eigenvalue weighted by Gasteiger charge is -2.33. The van der Waals surface area contributed by atoms with Gasteiger partial charge < -0.3 is 15.1 Å². The van der Waals surface area contributed by atoms with Crippen LogP contribution in [0.3, 0.4) is 0 Å². The van der Waals surface area contributed by atoms with Gasteiger partial charge in [-0.05, 0) is 59.3 Å². The van der Waals surface area contributed by atoms with Crippen molar-refractivity contribution in [3.05, 3.63) is 0 Å². The smallest absolute Gasteiger partial charge is 0.0107 e. The molecule has 0 aromatic rings. The predicted molar refractivity (Wildman–Crippen MR) is 75.5 cm³/mol. The van der Waals surface area contributed by atoms with Crippen molar-refractivity contribution in [2.75, 3.05) is 46.8 Å². The molecular weight excluding hydrogens is 210 g/mol. The van der Waals surface area contributed by atoms with Crippen LogP contribution in [0.25, 0.3) is 0 Å². The van der Waals surface area contributed by atoms with Gasteiger partial charge in [0, 0.05) is 25.7 Å². The summed E-state index contributed by atoms with van der Waals surface area (Å²) in [5.41, 5.74) is 0. The second kappa shape index (κ2) is 8.06.